The number of likely N-dealkylation sites (tertiary alicyclic amines) is 1. The first kappa shape index (κ1) is 24.7. The van der Waals surface area contributed by atoms with Crippen LogP contribution >= 0.6 is 0 Å². The van der Waals surface area contributed by atoms with Crippen molar-refractivity contribution in [2.75, 3.05) is 26.3 Å². The molecular weight excluding hydrogens is 490 g/mol. The van der Waals surface area contributed by atoms with Crippen LogP contribution in [0.1, 0.15) is 26.2 Å². The maximum absolute atomic E-state index is 14.3. The Morgan fingerprint density at radius 3 is 2.76 bits per heavy atom. The Morgan fingerprint density at radius 2 is 1.92 bits per heavy atom. The van der Waals surface area contributed by atoms with Crippen LogP contribution in [0.4, 0.5) is 0 Å². The zero-order chi connectivity index (χ0) is 26.5. The fraction of sp³-hybridized carbons (Fsp3) is 0.519. The van der Waals surface area contributed by atoms with Crippen molar-refractivity contribution in [3.05, 3.63) is 48.6 Å². The van der Waals surface area contributed by atoms with Gasteiger partial charge in [0.25, 0.3) is 5.91 Å². The van der Waals surface area contributed by atoms with E-state index < -0.39 is 35.0 Å². The molecule has 0 bridgehead atoms. The van der Waals surface area contributed by atoms with Crippen molar-refractivity contribution in [3.8, 4) is 0 Å². The van der Waals surface area contributed by atoms with Crippen molar-refractivity contribution in [2.45, 2.75) is 50.1 Å². The van der Waals surface area contributed by atoms with Crippen LogP contribution in [0.3, 0.4) is 0 Å². The van der Waals surface area contributed by atoms with Crippen molar-refractivity contribution >= 4 is 28.8 Å². The Balaban J connectivity index is 1.41. The number of benzene rings is 1. The zero-order valence-corrected chi connectivity index (χ0v) is 21.2. The number of carbonyl (C=O) groups is 3. The number of aliphatic hydroxyl groups is 1. The minimum atomic E-state index is -1.33. The van der Waals surface area contributed by atoms with Crippen LogP contribution in [-0.4, -0.2) is 91.2 Å². The number of fused-ring (bicyclic) bond motifs is 3. The highest BCUT2D eigenvalue weighted by Gasteiger charge is 2.74. The van der Waals surface area contributed by atoms with Gasteiger partial charge in [0.2, 0.25) is 5.91 Å². The number of amides is 2. The molecular formula is C27H31N5O6. The Bertz CT molecular complexity index is 1340. The van der Waals surface area contributed by atoms with Gasteiger partial charge in [-0.15, -0.1) is 5.10 Å². The second-order valence-corrected chi connectivity index (χ2v) is 10.5. The molecule has 1 spiro atoms. The van der Waals surface area contributed by atoms with Crippen LogP contribution in [0, 0.1) is 11.8 Å². The molecule has 1 aromatic carbocycles. The van der Waals surface area contributed by atoms with Gasteiger partial charge in [-0.25, -0.2) is 4.68 Å². The van der Waals surface area contributed by atoms with E-state index in [0.29, 0.717) is 19.3 Å². The molecule has 0 radical (unpaired) electrons. The maximum Gasteiger partial charge on any atom is 0.313 e. The second kappa shape index (κ2) is 9.32. The minimum absolute atomic E-state index is 0.0189. The van der Waals surface area contributed by atoms with Gasteiger partial charge in [-0.2, -0.15) is 0 Å². The summed E-state index contributed by atoms with van der Waals surface area (Å²) >= 11 is 0. The highest BCUT2D eigenvalue weighted by atomic mass is 16.6. The maximum atomic E-state index is 14.3. The number of ether oxygens (including phenoxy) is 2. The van der Waals surface area contributed by atoms with Gasteiger partial charge in [0, 0.05) is 19.7 Å². The Kier molecular flexibility index (Phi) is 6.07. The van der Waals surface area contributed by atoms with Crippen LogP contribution in [0.5, 0.6) is 0 Å². The Hall–Kier alpha value is -3.57. The third kappa shape index (κ3) is 3.67. The highest BCUT2D eigenvalue weighted by molar-refractivity contribution is 5.99. The predicted octanol–water partition coefficient (Wildman–Crippen LogP) is 1.03. The molecule has 2 amide bonds. The summed E-state index contributed by atoms with van der Waals surface area (Å²) in [7, 11) is 0. The number of carbonyl (C=O) groups excluding carboxylic acids is 3. The number of unbranched alkanes of at least 4 members (excludes halogenated alkanes) is 1. The summed E-state index contributed by atoms with van der Waals surface area (Å²) in [5, 5.41) is 17.8. The monoisotopic (exact) mass is 521 g/mol. The number of nitrogens with zero attached hydrogens (tertiary/aromatic N) is 5. The molecule has 4 aliphatic rings. The number of hydrogen-bond acceptors (Lipinski definition) is 8. The van der Waals surface area contributed by atoms with Crippen molar-refractivity contribution in [1.29, 1.82) is 0 Å². The van der Waals surface area contributed by atoms with Gasteiger partial charge in [-0.05, 0) is 38.3 Å². The van der Waals surface area contributed by atoms with Gasteiger partial charge < -0.3 is 24.4 Å². The standard InChI is InChI=1S/C27H31N5O6/c1-26-11-4-7-16-37-25(36)21(26)20-23(34)31(14-5-6-15-33)22-24(35)30(13-8-12-27(20,22)38-26)17-32-19-10-3-2-9-18(19)28-29-32/h2-4,8-12,20-22,33H,5-7,13-17H2,1H3/t20-,21-,22?,26+,27-/m0/s1. The average molecular weight is 522 g/mol. The smallest absolute Gasteiger partial charge is 0.313 e. The van der Waals surface area contributed by atoms with E-state index in [1.165, 1.54) is 0 Å². The lowest BCUT2D eigenvalue weighted by Crippen LogP contribution is -2.56. The van der Waals surface area contributed by atoms with Gasteiger partial charge in [0.1, 0.15) is 29.7 Å². The quantitative estimate of drug-likeness (QED) is 0.339. The van der Waals surface area contributed by atoms with E-state index in [4.69, 9.17) is 9.47 Å². The molecule has 1 aromatic heterocycles. The summed E-state index contributed by atoms with van der Waals surface area (Å²) in [6.07, 6.45) is 8.94. The summed E-state index contributed by atoms with van der Waals surface area (Å²) in [6.45, 7) is 2.68. The fourth-order valence-electron chi connectivity index (χ4n) is 6.48. The number of cyclic esters (lactones) is 1. The van der Waals surface area contributed by atoms with Crippen molar-refractivity contribution in [2.24, 2.45) is 11.8 Å². The third-order valence-corrected chi connectivity index (χ3v) is 8.14. The first-order chi connectivity index (χ1) is 18.4. The number of aliphatic hydroxyl groups excluding tert-OH is 1. The van der Waals surface area contributed by atoms with E-state index in [1.807, 2.05) is 42.5 Å². The van der Waals surface area contributed by atoms with Crippen molar-refractivity contribution < 1.29 is 29.0 Å². The molecule has 2 aromatic rings. The first-order valence-corrected chi connectivity index (χ1v) is 13.1. The first-order valence-electron chi connectivity index (χ1n) is 13.1. The van der Waals surface area contributed by atoms with E-state index in [1.54, 1.807) is 27.5 Å². The molecule has 1 unspecified atom stereocenters. The summed E-state index contributed by atoms with van der Waals surface area (Å²) in [4.78, 5) is 44.8. The normalized spacial score (nSPS) is 32.6. The number of aromatic nitrogens is 3. The molecule has 6 rings (SSSR count). The molecule has 5 atom stereocenters. The van der Waals surface area contributed by atoms with Crippen LogP contribution in [0.2, 0.25) is 0 Å². The Labute approximate surface area is 219 Å². The van der Waals surface area contributed by atoms with E-state index in [-0.39, 0.29) is 44.8 Å². The summed E-state index contributed by atoms with van der Waals surface area (Å²) in [5.74, 6) is -2.88. The van der Waals surface area contributed by atoms with E-state index in [2.05, 4.69) is 10.3 Å². The lowest BCUT2D eigenvalue weighted by atomic mass is 9.74. The van der Waals surface area contributed by atoms with Crippen LogP contribution in [0.25, 0.3) is 11.0 Å². The van der Waals surface area contributed by atoms with Gasteiger partial charge in [0.15, 0.2) is 0 Å². The third-order valence-electron chi connectivity index (χ3n) is 8.14. The number of para-hydroxylation sites is 1. The Morgan fingerprint density at radius 1 is 1.08 bits per heavy atom. The van der Waals surface area contributed by atoms with Gasteiger partial charge in [-0.1, -0.05) is 41.7 Å². The lowest BCUT2D eigenvalue weighted by molar-refractivity contribution is -0.160. The summed E-state index contributed by atoms with van der Waals surface area (Å²) in [5.41, 5.74) is -0.925. The molecule has 0 aliphatic carbocycles. The molecule has 11 heteroatoms. The lowest BCUT2D eigenvalue weighted by Gasteiger charge is -2.37. The summed E-state index contributed by atoms with van der Waals surface area (Å²) < 4.78 is 13.9. The molecule has 4 aliphatic heterocycles. The second-order valence-electron chi connectivity index (χ2n) is 10.5. The minimum Gasteiger partial charge on any atom is -0.465 e. The molecule has 5 heterocycles. The number of rotatable bonds is 6. The van der Waals surface area contributed by atoms with Crippen molar-refractivity contribution in [3.63, 3.8) is 0 Å². The number of hydrogen-bond donors (Lipinski definition) is 1. The van der Waals surface area contributed by atoms with Gasteiger partial charge in [-0.3, -0.25) is 14.4 Å². The SMILES string of the molecule is C[C@@]12C=CCCOC(=O)[C@@H]1[C@H]1C(=O)N(CCCCO)C3C(=O)N(Cn4nnc5ccccc54)CC=C[C@@]31O2. The highest BCUT2D eigenvalue weighted by Crippen LogP contribution is 2.57. The predicted molar refractivity (Wildman–Crippen MR) is 134 cm³/mol. The van der Waals surface area contributed by atoms with Crippen LogP contribution in [0.15, 0.2) is 48.6 Å². The molecule has 0 saturated carbocycles. The zero-order valence-electron chi connectivity index (χ0n) is 21.2. The van der Waals surface area contributed by atoms with Crippen LogP contribution in [-0.2, 0) is 30.5 Å². The number of esters is 1. The molecule has 1 N–H and O–H groups in total. The van der Waals surface area contributed by atoms with Gasteiger partial charge in [0.05, 0.1) is 23.6 Å². The average Bonchev–Trinajstić information content (AvgIpc) is 3.45. The topological polar surface area (TPSA) is 127 Å². The van der Waals surface area contributed by atoms with Crippen molar-refractivity contribution in [1.82, 2.24) is 24.8 Å². The van der Waals surface area contributed by atoms with E-state index in [0.717, 1.165) is 11.0 Å². The fourth-order valence-corrected chi connectivity index (χ4v) is 6.48. The molecule has 200 valence electrons. The van der Waals surface area contributed by atoms with E-state index in [9.17, 15) is 19.5 Å². The van der Waals surface area contributed by atoms with Gasteiger partial charge >= 0.3 is 5.97 Å². The largest absolute Gasteiger partial charge is 0.465 e. The van der Waals surface area contributed by atoms with Crippen LogP contribution < -0.4 is 0 Å². The summed E-state index contributed by atoms with van der Waals surface area (Å²) in [6, 6.07) is 6.53. The molecule has 11 nitrogen and oxygen atoms in total. The molecule has 2 saturated heterocycles. The molecule has 38 heavy (non-hydrogen) atoms. The molecule has 2 fully saturated rings. The van der Waals surface area contributed by atoms with E-state index >= 15 is 0 Å².